The zero-order chi connectivity index (χ0) is 43.6. The van der Waals surface area contributed by atoms with Gasteiger partial charge in [0, 0.05) is 65.4 Å². The summed E-state index contributed by atoms with van der Waals surface area (Å²) in [4.78, 5) is 25.0. The molecule has 0 atom stereocenters. The summed E-state index contributed by atoms with van der Waals surface area (Å²) in [6.07, 6.45) is 6.04. The molecule has 1 aliphatic heterocycles. The van der Waals surface area contributed by atoms with Crippen LogP contribution in [-0.4, -0.2) is 43.1 Å². The van der Waals surface area contributed by atoms with Gasteiger partial charge in [-0.1, -0.05) is 135 Å². The lowest BCUT2D eigenvalue weighted by Crippen LogP contribution is -2.22. The number of anilines is 1. The monoisotopic (exact) mass is 817 g/mol. The zero-order valence-electron chi connectivity index (χ0n) is 37.5. The number of benzene rings is 5. The molecule has 0 radical (unpaired) electrons. The number of fused-ring (bicyclic) bond motifs is 3. The summed E-state index contributed by atoms with van der Waals surface area (Å²) in [5.41, 5.74) is 9.17. The molecule has 0 saturated carbocycles. The number of hydrogen-bond acceptors (Lipinski definition) is 7. The molecular formula is C54H55N7O. The van der Waals surface area contributed by atoms with E-state index < -0.39 is 0 Å². The molecule has 5 aromatic carbocycles. The fourth-order valence-corrected chi connectivity index (χ4v) is 8.05. The van der Waals surface area contributed by atoms with Crippen LogP contribution in [0.5, 0.6) is 11.5 Å². The second kappa shape index (κ2) is 15.3. The van der Waals surface area contributed by atoms with Crippen molar-refractivity contribution in [2.24, 2.45) is 0 Å². The minimum atomic E-state index is -0.134. The predicted molar refractivity (Wildman–Crippen MR) is 255 cm³/mol. The molecule has 4 heterocycles. The van der Waals surface area contributed by atoms with E-state index in [1.165, 1.54) is 16.7 Å². The molecule has 0 spiro atoms. The fraction of sp³-hybridized carbons (Fsp3) is 0.259. The minimum Gasteiger partial charge on any atom is -0.456 e. The van der Waals surface area contributed by atoms with Gasteiger partial charge in [0.15, 0.2) is 17.5 Å². The third-order valence-electron chi connectivity index (χ3n) is 11.7. The van der Waals surface area contributed by atoms with Crippen molar-refractivity contribution < 1.29 is 4.74 Å². The van der Waals surface area contributed by atoms with Crippen molar-refractivity contribution in [2.45, 2.75) is 78.6 Å². The maximum atomic E-state index is 7.22. The van der Waals surface area contributed by atoms with Gasteiger partial charge in [-0.25, -0.2) is 19.9 Å². The van der Waals surface area contributed by atoms with Gasteiger partial charge in [-0.3, -0.25) is 4.57 Å². The third-order valence-corrected chi connectivity index (χ3v) is 11.7. The highest BCUT2D eigenvalue weighted by molar-refractivity contribution is 6.11. The van der Waals surface area contributed by atoms with Crippen molar-refractivity contribution in [3.8, 4) is 51.5 Å². The molecule has 62 heavy (non-hydrogen) atoms. The van der Waals surface area contributed by atoms with E-state index in [0.717, 1.165) is 62.4 Å². The van der Waals surface area contributed by atoms with Gasteiger partial charge < -0.3 is 14.5 Å². The molecule has 0 saturated heterocycles. The summed E-state index contributed by atoms with van der Waals surface area (Å²) < 4.78 is 9.43. The Labute approximate surface area is 365 Å². The molecule has 8 nitrogen and oxygen atoms in total. The second-order valence-corrected chi connectivity index (χ2v) is 19.6. The number of nitrogens with zero attached hydrogens (tertiary/aromatic N) is 7. The van der Waals surface area contributed by atoms with Gasteiger partial charge in [-0.15, -0.1) is 0 Å². The van der Waals surface area contributed by atoms with Crippen LogP contribution in [0.4, 0.5) is 5.69 Å². The number of hydrogen-bond donors (Lipinski definition) is 0. The van der Waals surface area contributed by atoms with Crippen LogP contribution >= 0.6 is 0 Å². The van der Waals surface area contributed by atoms with Crippen LogP contribution in [0.3, 0.4) is 0 Å². The van der Waals surface area contributed by atoms with Crippen molar-refractivity contribution in [2.75, 3.05) is 18.6 Å². The van der Waals surface area contributed by atoms with E-state index in [2.05, 4.69) is 199 Å². The number of para-hydroxylation sites is 1. The molecule has 0 unspecified atom stereocenters. The van der Waals surface area contributed by atoms with Crippen molar-refractivity contribution in [1.29, 1.82) is 0 Å². The zero-order valence-corrected chi connectivity index (χ0v) is 37.5. The minimum absolute atomic E-state index is 0.00397. The van der Waals surface area contributed by atoms with Gasteiger partial charge in [0.1, 0.15) is 17.3 Å². The van der Waals surface area contributed by atoms with Crippen LogP contribution in [0.1, 0.15) is 79.0 Å². The molecule has 3 aromatic heterocycles. The maximum Gasteiger partial charge on any atom is 0.167 e. The first-order chi connectivity index (χ1) is 29.5. The summed E-state index contributed by atoms with van der Waals surface area (Å²) in [5, 5.41) is 2.13. The number of pyridine rings is 1. The Hall–Kier alpha value is -6.80. The smallest absolute Gasteiger partial charge is 0.167 e. The summed E-state index contributed by atoms with van der Waals surface area (Å²) >= 11 is 0. The number of rotatable bonds is 7. The lowest BCUT2D eigenvalue weighted by molar-refractivity contribution is 0.478. The molecular weight excluding hydrogens is 763 g/mol. The molecule has 8 heteroatoms. The van der Waals surface area contributed by atoms with Crippen LogP contribution in [-0.2, 0) is 16.2 Å². The van der Waals surface area contributed by atoms with E-state index in [9.17, 15) is 0 Å². The van der Waals surface area contributed by atoms with E-state index in [1.54, 1.807) is 0 Å². The number of ether oxygens (including phenoxy) is 1. The van der Waals surface area contributed by atoms with Crippen molar-refractivity contribution in [1.82, 2.24) is 29.4 Å². The Bertz CT molecular complexity index is 2890. The number of aromatic nitrogens is 5. The Balaban J connectivity index is 1.31. The van der Waals surface area contributed by atoms with Crippen LogP contribution in [0.25, 0.3) is 61.8 Å². The molecule has 0 bridgehead atoms. The standard InChI is InChI=1S/C54H55N7O/c1-52(2,3)37-22-18-35(19-23-37)49-56-50(36-20-24-38(25-21-36)53(4,5)6)58-51(57-49)44-32-43-42-15-11-12-16-45(42)61(48-17-13-14-26-55-48)46(43)33-47(44)62-41-30-39(54(7,8)9)29-40(31-41)60-28-27-59(10)34-60/h11-33H,34H2,1-10H3. The van der Waals surface area contributed by atoms with Crippen molar-refractivity contribution in [3.63, 3.8) is 0 Å². The highest BCUT2D eigenvalue weighted by Crippen LogP contribution is 2.43. The van der Waals surface area contributed by atoms with Crippen molar-refractivity contribution in [3.05, 3.63) is 157 Å². The van der Waals surface area contributed by atoms with E-state index in [-0.39, 0.29) is 16.2 Å². The Morgan fingerprint density at radius 2 is 1.13 bits per heavy atom. The Kier molecular flexibility index (Phi) is 10.0. The lowest BCUT2D eigenvalue weighted by atomic mass is 9.86. The Morgan fingerprint density at radius 3 is 1.69 bits per heavy atom. The predicted octanol–water partition coefficient (Wildman–Crippen LogP) is 13.2. The van der Waals surface area contributed by atoms with Crippen LogP contribution in [0.15, 0.2) is 140 Å². The average molecular weight is 818 g/mol. The molecule has 0 N–H and O–H groups in total. The summed E-state index contributed by atoms with van der Waals surface area (Å²) in [7, 11) is 2.08. The van der Waals surface area contributed by atoms with Gasteiger partial charge >= 0.3 is 0 Å². The molecule has 1 aliphatic rings. The Morgan fingerprint density at radius 1 is 0.532 bits per heavy atom. The highest BCUT2D eigenvalue weighted by atomic mass is 16.5. The molecule has 0 fully saturated rings. The first-order valence-corrected chi connectivity index (χ1v) is 21.5. The largest absolute Gasteiger partial charge is 0.456 e. The second-order valence-electron chi connectivity index (χ2n) is 19.6. The van der Waals surface area contributed by atoms with Crippen LogP contribution in [0.2, 0.25) is 0 Å². The SMILES string of the molecule is CN1C=CN(c2cc(Oc3cc4c(cc3-c3nc(-c5ccc(C(C)(C)C)cc5)nc(-c5ccc(C(C)(C)C)cc5)n3)c3ccccc3n4-c3ccccn3)cc(C(C)(C)C)c2)C1. The normalized spacial score (nSPS) is 13.5. The van der Waals surface area contributed by atoms with E-state index in [0.29, 0.717) is 23.2 Å². The molecule has 9 rings (SSSR count). The quantitative estimate of drug-likeness (QED) is 0.159. The van der Waals surface area contributed by atoms with E-state index in [1.807, 2.05) is 24.4 Å². The van der Waals surface area contributed by atoms with Gasteiger partial charge in [0.25, 0.3) is 0 Å². The highest BCUT2D eigenvalue weighted by Gasteiger charge is 2.25. The van der Waals surface area contributed by atoms with Crippen molar-refractivity contribution >= 4 is 27.5 Å². The van der Waals surface area contributed by atoms with Gasteiger partial charge in [-0.2, -0.15) is 0 Å². The maximum absolute atomic E-state index is 7.22. The first-order valence-electron chi connectivity index (χ1n) is 21.5. The molecule has 8 aromatic rings. The van der Waals surface area contributed by atoms with Gasteiger partial charge in [0.05, 0.1) is 23.3 Å². The average Bonchev–Trinajstić information content (AvgIpc) is 3.83. The van der Waals surface area contributed by atoms with Crippen LogP contribution in [0, 0.1) is 0 Å². The molecule has 312 valence electrons. The fourth-order valence-electron chi connectivity index (χ4n) is 8.05. The van der Waals surface area contributed by atoms with E-state index in [4.69, 9.17) is 24.7 Å². The summed E-state index contributed by atoms with van der Waals surface area (Å²) in [6.45, 7) is 20.8. The lowest BCUT2D eigenvalue weighted by Gasteiger charge is -2.25. The summed E-state index contributed by atoms with van der Waals surface area (Å²) in [5.74, 6) is 3.87. The van der Waals surface area contributed by atoms with E-state index >= 15 is 0 Å². The third kappa shape index (κ3) is 7.93. The summed E-state index contributed by atoms with van der Waals surface area (Å²) in [6, 6.07) is 42.5. The van der Waals surface area contributed by atoms with Gasteiger partial charge in [0.2, 0.25) is 0 Å². The topological polar surface area (TPSA) is 72.2 Å². The molecule has 0 amide bonds. The molecule has 0 aliphatic carbocycles. The van der Waals surface area contributed by atoms with Gasteiger partial charge in [-0.05, 0) is 69.3 Å². The van der Waals surface area contributed by atoms with Crippen LogP contribution < -0.4 is 9.64 Å². The first kappa shape index (κ1) is 40.6.